The molecule has 0 unspecified atom stereocenters. The molecule has 0 saturated heterocycles. The number of amides is 1. The lowest BCUT2D eigenvalue weighted by atomic mass is 10.1. The summed E-state index contributed by atoms with van der Waals surface area (Å²) >= 11 is 0. The Balaban J connectivity index is 1.95. The van der Waals surface area contributed by atoms with E-state index in [9.17, 15) is 4.79 Å². The zero-order valence-corrected chi connectivity index (χ0v) is 10.9. The predicted octanol–water partition coefficient (Wildman–Crippen LogP) is 0.643. The van der Waals surface area contributed by atoms with Crippen molar-refractivity contribution in [3.05, 3.63) is 53.6 Å². The summed E-state index contributed by atoms with van der Waals surface area (Å²) in [5.41, 5.74) is 7.24. The summed E-state index contributed by atoms with van der Waals surface area (Å²) in [5.74, 6) is -0.247. The van der Waals surface area contributed by atoms with Crippen LogP contribution < -0.4 is 11.1 Å². The van der Waals surface area contributed by atoms with Gasteiger partial charge in [-0.3, -0.25) is 4.79 Å². The van der Waals surface area contributed by atoms with Crippen molar-refractivity contribution in [2.45, 2.75) is 13.1 Å². The van der Waals surface area contributed by atoms with E-state index in [0.717, 1.165) is 5.56 Å². The van der Waals surface area contributed by atoms with Crippen molar-refractivity contribution in [2.75, 3.05) is 6.54 Å². The summed E-state index contributed by atoms with van der Waals surface area (Å²) in [7, 11) is 0. The van der Waals surface area contributed by atoms with Crippen LogP contribution in [0.2, 0.25) is 0 Å². The Labute approximate surface area is 116 Å². The van der Waals surface area contributed by atoms with Crippen LogP contribution in [0, 0.1) is 11.3 Å². The van der Waals surface area contributed by atoms with Crippen LogP contribution in [-0.2, 0) is 13.1 Å². The van der Waals surface area contributed by atoms with Crippen LogP contribution >= 0.6 is 0 Å². The largest absolute Gasteiger partial charge is 0.347 e. The van der Waals surface area contributed by atoms with Gasteiger partial charge in [0.1, 0.15) is 5.69 Å². The van der Waals surface area contributed by atoms with Crippen LogP contribution in [0.5, 0.6) is 0 Å². The third-order valence-corrected chi connectivity index (χ3v) is 2.76. The maximum atomic E-state index is 11.9. The lowest BCUT2D eigenvalue weighted by molar-refractivity contribution is 0.0946. The van der Waals surface area contributed by atoms with Gasteiger partial charge in [-0.2, -0.15) is 5.26 Å². The minimum Gasteiger partial charge on any atom is -0.347 e. The number of carbonyl (C=O) groups is 1. The Morgan fingerprint density at radius 2 is 2.35 bits per heavy atom. The number of aromatic nitrogens is 2. The zero-order valence-electron chi connectivity index (χ0n) is 10.9. The van der Waals surface area contributed by atoms with Crippen molar-refractivity contribution in [2.24, 2.45) is 5.73 Å². The fourth-order valence-corrected chi connectivity index (χ4v) is 1.77. The standard InChI is InChI=1S/C14H15N5O/c15-4-5-19-9-13(18-10-19)14(20)17-8-12-3-1-2-11(6-12)7-16/h1-3,6,9-10H,4-5,8,15H2,(H,17,20). The molecule has 0 spiro atoms. The molecule has 1 aromatic carbocycles. The number of nitrogens with zero attached hydrogens (tertiary/aromatic N) is 3. The number of carbonyl (C=O) groups excluding carboxylic acids is 1. The van der Waals surface area contributed by atoms with Crippen LogP contribution in [0.15, 0.2) is 36.8 Å². The Kier molecular flexibility index (Phi) is 4.47. The highest BCUT2D eigenvalue weighted by molar-refractivity contribution is 5.91. The average Bonchev–Trinajstić information content (AvgIpc) is 2.94. The molecule has 0 aliphatic carbocycles. The minimum atomic E-state index is -0.247. The lowest BCUT2D eigenvalue weighted by Gasteiger charge is -2.03. The van der Waals surface area contributed by atoms with Gasteiger partial charge in [-0.1, -0.05) is 12.1 Å². The molecular formula is C14H15N5O. The molecule has 0 saturated carbocycles. The number of rotatable bonds is 5. The van der Waals surface area contributed by atoms with Crippen molar-refractivity contribution in [3.63, 3.8) is 0 Å². The van der Waals surface area contributed by atoms with E-state index in [1.165, 1.54) is 0 Å². The molecule has 3 N–H and O–H groups in total. The van der Waals surface area contributed by atoms with E-state index in [4.69, 9.17) is 11.0 Å². The summed E-state index contributed by atoms with van der Waals surface area (Å²) in [6.07, 6.45) is 3.24. The molecule has 2 aromatic rings. The summed E-state index contributed by atoms with van der Waals surface area (Å²) in [4.78, 5) is 15.9. The first kappa shape index (κ1) is 13.8. The smallest absolute Gasteiger partial charge is 0.271 e. The molecule has 0 aliphatic heterocycles. The SMILES string of the molecule is N#Cc1cccc(CNC(=O)c2cn(CCN)cn2)c1. The highest BCUT2D eigenvalue weighted by Gasteiger charge is 2.08. The summed E-state index contributed by atoms with van der Waals surface area (Å²) in [6, 6.07) is 9.17. The molecule has 0 atom stereocenters. The van der Waals surface area contributed by atoms with E-state index in [1.807, 2.05) is 6.07 Å². The lowest BCUT2D eigenvalue weighted by Crippen LogP contribution is -2.23. The van der Waals surface area contributed by atoms with Gasteiger partial charge in [-0.15, -0.1) is 0 Å². The van der Waals surface area contributed by atoms with E-state index < -0.39 is 0 Å². The first-order valence-electron chi connectivity index (χ1n) is 6.22. The van der Waals surface area contributed by atoms with Crippen LogP contribution in [0.4, 0.5) is 0 Å². The third kappa shape index (κ3) is 3.43. The highest BCUT2D eigenvalue weighted by Crippen LogP contribution is 2.04. The summed E-state index contributed by atoms with van der Waals surface area (Å²) in [6.45, 7) is 1.49. The number of hydrogen-bond donors (Lipinski definition) is 2. The molecule has 0 bridgehead atoms. The average molecular weight is 269 g/mol. The van der Waals surface area contributed by atoms with E-state index in [1.54, 1.807) is 35.3 Å². The summed E-state index contributed by atoms with van der Waals surface area (Å²) in [5, 5.41) is 11.6. The number of nitrogens with two attached hydrogens (primary N) is 1. The van der Waals surface area contributed by atoms with Gasteiger partial charge in [0.15, 0.2) is 0 Å². The third-order valence-electron chi connectivity index (χ3n) is 2.76. The van der Waals surface area contributed by atoms with Crippen molar-refractivity contribution in [1.29, 1.82) is 5.26 Å². The van der Waals surface area contributed by atoms with Gasteiger partial charge >= 0.3 is 0 Å². The van der Waals surface area contributed by atoms with Crippen molar-refractivity contribution in [1.82, 2.24) is 14.9 Å². The van der Waals surface area contributed by atoms with Crippen LogP contribution in [0.25, 0.3) is 0 Å². The molecule has 0 aliphatic rings. The normalized spacial score (nSPS) is 10.0. The molecule has 0 radical (unpaired) electrons. The Morgan fingerprint density at radius 3 is 3.10 bits per heavy atom. The van der Waals surface area contributed by atoms with Crippen molar-refractivity contribution >= 4 is 5.91 Å². The number of hydrogen-bond acceptors (Lipinski definition) is 4. The topological polar surface area (TPSA) is 96.7 Å². The molecule has 20 heavy (non-hydrogen) atoms. The first-order chi connectivity index (χ1) is 9.72. The second-order valence-electron chi connectivity index (χ2n) is 4.28. The van der Waals surface area contributed by atoms with Gasteiger partial charge in [-0.25, -0.2) is 4.98 Å². The van der Waals surface area contributed by atoms with Gasteiger partial charge in [0.05, 0.1) is 18.0 Å². The molecular weight excluding hydrogens is 254 g/mol. The molecule has 6 nitrogen and oxygen atoms in total. The zero-order chi connectivity index (χ0) is 14.4. The van der Waals surface area contributed by atoms with Crippen LogP contribution in [0.1, 0.15) is 21.6 Å². The van der Waals surface area contributed by atoms with E-state index in [0.29, 0.717) is 30.9 Å². The second-order valence-corrected chi connectivity index (χ2v) is 4.28. The molecule has 102 valence electrons. The predicted molar refractivity (Wildman–Crippen MR) is 73.6 cm³/mol. The Morgan fingerprint density at radius 1 is 1.50 bits per heavy atom. The quantitative estimate of drug-likeness (QED) is 0.832. The molecule has 1 aromatic heterocycles. The number of nitriles is 1. The fourth-order valence-electron chi connectivity index (χ4n) is 1.77. The van der Waals surface area contributed by atoms with Gasteiger partial charge in [0.2, 0.25) is 0 Å². The van der Waals surface area contributed by atoms with E-state index in [-0.39, 0.29) is 5.91 Å². The maximum Gasteiger partial charge on any atom is 0.271 e. The second kappa shape index (κ2) is 6.50. The highest BCUT2D eigenvalue weighted by atomic mass is 16.1. The number of nitrogens with one attached hydrogen (secondary N) is 1. The molecule has 1 heterocycles. The maximum absolute atomic E-state index is 11.9. The first-order valence-corrected chi connectivity index (χ1v) is 6.22. The molecule has 6 heteroatoms. The fraction of sp³-hybridized carbons (Fsp3) is 0.214. The molecule has 2 rings (SSSR count). The molecule has 1 amide bonds. The van der Waals surface area contributed by atoms with E-state index in [2.05, 4.69) is 16.4 Å². The Bertz CT molecular complexity index is 641. The number of imidazole rings is 1. The molecule has 0 fully saturated rings. The Hall–Kier alpha value is -2.65. The monoisotopic (exact) mass is 269 g/mol. The van der Waals surface area contributed by atoms with Crippen LogP contribution in [0.3, 0.4) is 0 Å². The number of benzene rings is 1. The van der Waals surface area contributed by atoms with Gasteiger partial charge < -0.3 is 15.6 Å². The van der Waals surface area contributed by atoms with Gasteiger partial charge in [0, 0.05) is 25.8 Å². The summed E-state index contributed by atoms with van der Waals surface area (Å²) < 4.78 is 1.77. The van der Waals surface area contributed by atoms with Gasteiger partial charge in [0.25, 0.3) is 5.91 Å². The van der Waals surface area contributed by atoms with Crippen molar-refractivity contribution < 1.29 is 4.79 Å². The van der Waals surface area contributed by atoms with E-state index >= 15 is 0 Å². The van der Waals surface area contributed by atoms with Crippen molar-refractivity contribution in [3.8, 4) is 6.07 Å². The van der Waals surface area contributed by atoms with Gasteiger partial charge in [-0.05, 0) is 17.7 Å². The minimum absolute atomic E-state index is 0.247. The van der Waals surface area contributed by atoms with Crippen LogP contribution in [-0.4, -0.2) is 22.0 Å².